The maximum absolute atomic E-state index is 14.0. The van der Waals surface area contributed by atoms with E-state index in [-0.39, 0.29) is 5.91 Å². The number of aryl methyl sites for hydroxylation is 3. The zero-order chi connectivity index (χ0) is 25.5. The highest BCUT2D eigenvalue weighted by Crippen LogP contribution is 2.40. The number of anilines is 1. The summed E-state index contributed by atoms with van der Waals surface area (Å²) in [5.74, 6) is 0.534. The molecule has 0 spiro atoms. The minimum absolute atomic E-state index is 0.160. The van der Waals surface area contributed by atoms with Crippen LogP contribution in [0.2, 0.25) is 5.02 Å². The Hall–Kier alpha value is -3.96. The largest absolute Gasteiger partial charge is 0.497 e. The standard InChI is InChI=1S/C31H28ClN3O2/c1-20-9-11-21(12-10-20)27-19-35-29(30(36)33-24-6-5-7-25(18-24)37-2)28(22-13-15-23(32)16-14-22)26-8-3-4-17-34(27)31(26)35/h5-7,9-16,18-19H,3-4,8,17H2,1-2H3,(H,33,36). The number of carbonyl (C=O) groups excluding carboxylic acids is 1. The molecular formula is C31H28ClN3O2. The van der Waals surface area contributed by atoms with Crippen molar-refractivity contribution in [3.8, 4) is 28.1 Å². The first-order chi connectivity index (χ1) is 18.0. The van der Waals surface area contributed by atoms with Crippen LogP contribution < -0.4 is 10.1 Å². The zero-order valence-corrected chi connectivity index (χ0v) is 21.7. The van der Waals surface area contributed by atoms with E-state index in [0.29, 0.717) is 22.2 Å². The number of hydrogen-bond acceptors (Lipinski definition) is 2. The van der Waals surface area contributed by atoms with Crippen molar-refractivity contribution in [2.75, 3.05) is 12.4 Å². The van der Waals surface area contributed by atoms with Gasteiger partial charge in [0.2, 0.25) is 0 Å². The van der Waals surface area contributed by atoms with E-state index in [0.717, 1.165) is 53.8 Å². The number of halogens is 1. The van der Waals surface area contributed by atoms with Crippen molar-refractivity contribution >= 4 is 28.8 Å². The second-order valence-electron chi connectivity index (χ2n) is 9.58. The van der Waals surface area contributed by atoms with Crippen molar-refractivity contribution in [3.63, 3.8) is 0 Å². The summed E-state index contributed by atoms with van der Waals surface area (Å²) in [6.45, 7) is 3.01. The third-order valence-electron chi connectivity index (χ3n) is 7.16. The van der Waals surface area contributed by atoms with Crippen LogP contribution >= 0.6 is 11.6 Å². The zero-order valence-electron chi connectivity index (χ0n) is 20.9. The quantitative estimate of drug-likeness (QED) is 0.264. The molecule has 6 rings (SSSR count). The molecule has 5 aromatic rings. The Balaban J connectivity index is 1.59. The molecule has 5 nitrogen and oxygen atoms in total. The van der Waals surface area contributed by atoms with Crippen molar-refractivity contribution in [2.45, 2.75) is 32.7 Å². The Morgan fingerprint density at radius 1 is 0.973 bits per heavy atom. The Kier molecular flexibility index (Phi) is 6.01. The highest BCUT2D eigenvalue weighted by atomic mass is 35.5. The first-order valence-corrected chi connectivity index (χ1v) is 13.0. The van der Waals surface area contributed by atoms with E-state index >= 15 is 0 Å². The smallest absolute Gasteiger partial charge is 0.273 e. The Morgan fingerprint density at radius 2 is 1.73 bits per heavy atom. The lowest BCUT2D eigenvalue weighted by Gasteiger charge is -2.11. The number of imidazole rings is 1. The van der Waals surface area contributed by atoms with Crippen LogP contribution in [0.4, 0.5) is 5.69 Å². The summed E-state index contributed by atoms with van der Waals surface area (Å²) in [4.78, 5) is 14.0. The van der Waals surface area contributed by atoms with E-state index < -0.39 is 0 Å². The van der Waals surface area contributed by atoms with E-state index in [1.54, 1.807) is 7.11 Å². The van der Waals surface area contributed by atoms with Gasteiger partial charge in [-0.25, -0.2) is 0 Å². The lowest BCUT2D eigenvalue weighted by molar-refractivity contribution is 0.102. The van der Waals surface area contributed by atoms with Gasteiger partial charge in [0.15, 0.2) is 0 Å². The summed E-state index contributed by atoms with van der Waals surface area (Å²) >= 11 is 6.23. The van der Waals surface area contributed by atoms with E-state index in [2.05, 4.69) is 51.7 Å². The second kappa shape index (κ2) is 9.49. The molecule has 3 heterocycles. The van der Waals surface area contributed by atoms with Crippen LogP contribution in [0.3, 0.4) is 0 Å². The van der Waals surface area contributed by atoms with Crippen LogP contribution in [0, 0.1) is 6.92 Å². The van der Waals surface area contributed by atoms with Gasteiger partial charge in [-0.15, -0.1) is 0 Å². The van der Waals surface area contributed by atoms with E-state index in [1.807, 2.05) is 48.5 Å². The Labute approximate surface area is 221 Å². The number of aromatic nitrogens is 2. The van der Waals surface area contributed by atoms with Gasteiger partial charge in [0.1, 0.15) is 17.1 Å². The van der Waals surface area contributed by atoms with Crippen molar-refractivity contribution < 1.29 is 9.53 Å². The minimum atomic E-state index is -0.160. The molecule has 186 valence electrons. The van der Waals surface area contributed by atoms with Crippen LogP contribution in [0.15, 0.2) is 79.0 Å². The molecule has 0 saturated heterocycles. The maximum Gasteiger partial charge on any atom is 0.273 e. The van der Waals surface area contributed by atoms with Crippen molar-refractivity contribution in [1.29, 1.82) is 0 Å². The molecule has 1 N–H and O–H groups in total. The molecule has 0 radical (unpaired) electrons. The summed E-state index contributed by atoms with van der Waals surface area (Å²) in [7, 11) is 1.62. The maximum atomic E-state index is 14.0. The van der Waals surface area contributed by atoms with Gasteiger partial charge in [-0.3, -0.25) is 9.20 Å². The Bertz CT molecular complexity index is 1610. The summed E-state index contributed by atoms with van der Waals surface area (Å²) < 4.78 is 9.84. The monoisotopic (exact) mass is 509 g/mol. The SMILES string of the molecule is COc1cccc(NC(=O)c2c(-c3ccc(Cl)cc3)c3c4n(c(-c5ccc(C)cc5)cn24)CCCC3)c1. The third kappa shape index (κ3) is 4.19. The highest BCUT2D eigenvalue weighted by molar-refractivity contribution is 6.30. The summed E-state index contributed by atoms with van der Waals surface area (Å²) in [5, 5.41) is 3.79. The average molecular weight is 510 g/mol. The van der Waals surface area contributed by atoms with Gasteiger partial charge in [0.25, 0.3) is 5.91 Å². The predicted octanol–water partition coefficient (Wildman–Crippen LogP) is 7.63. The van der Waals surface area contributed by atoms with E-state index in [1.165, 1.54) is 11.1 Å². The fraction of sp³-hybridized carbons (Fsp3) is 0.194. The van der Waals surface area contributed by atoms with E-state index in [4.69, 9.17) is 16.3 Å². The van der Waals surface area contributed by atoms with Crippen molar-refractivity contribution in [1.82, 2.24) is 8.97 Å². The predicted molar refractivity (Wildman–Crippen MR) is 150 cm³/mol. The lowest BCUT2D eigenvalue weighted by Crippen LogP contribution is -2.15. The molecule has 6 heteroatoms. The number of methoxy groups -OCH3 is 1. The van der Waals surface area contributed by atoms with Gasteiger partial charge >= 0.3 is 0 Å². The topological polar surface area (TPSA) is 47.7 Å². The highest BCUT2D eigenvalue weighted by Gasteiger charge is 2.29. The molecule has 1 amide bonds. The summed E-state index contributed by atoms with van der Waals surface area (Å²) in [6, 6.07) is 23.8. The van der Waals surface area contributed by atoms with Crippen molar-refractivity contribution in [3.05, 3.63) is 101 Å². The molecule has 0 bridgehead atoms. The van der Waals surface area contributed by atoms with Crippen LogP contribution in [0.1, 0.15) is 34.5 Å². The number of amides is 1. The van der Waals surface area contributed by atoms with Gasteiger partial charge in [-0.1, -0.05) is 59.6 Å². The summed E-state index contributed by atoms with van der Waals surface area (Å²) in [5.41, 5.74) is 9.06. The molecule has 0 atom stereocenters. The summed E-state index contributed by atoms with van der Waals surface area (Å²) in [6.07, 6.45) is 5.18. The molecule has 2 aromatic heterocycles. The van der Waals surface area contributed by atoms with Gasteiger partial charge in [0.05, 0.1) is 12.8 Å². The average Bonchev–Trinajstić information content (AvgIpc) is 3.32. The Morgan fingerprint density at radius 3 is 2.49 bits per heavy atom. The van der Waals surface area contributed by atoms with Gasteiger partial charge in [0, 0.05) is 40.6 Å². The number of hydrogen-bond donors (Lipinski definition) is 1. The van der Waals surface area contributed by atoms with Crippen molar-refractivity contribution in [2.24, 2.45) is 0 Å². The first kappa shape index (κ1) is 23.4. The van der Waals surface area contributed by atoms with Gasteiger partial charge < -0.3 is 14.6 Å². The fourth-order valence-corrected chi connectivity index (χ4v) is 5.51. The molecule has 0 saturated carbocycles. The molecule has 0 aliphatic carbocycles. The molecule has 0 fully saturated rings. The number of benzene rings is 3. The molecule has 0 unspecified atom stereocenters. The number of nitrogens with zero attached hydrogens (tertiary/aromatic N) is 2. The molecule has 3 aromatic carbocycles. The van der Waals surface area contributed by atoms with Crippen LogP contribution in [-0.4, -0.2) is 22.0 Å². The number of nitrogens with one attached hydrogen (secondary N) is 1. The normalized spacial score (nSPS) is 12.9. The van der Waals surface area contributed by atoms with Crippen LogP contribution in [-0.2, 0) is 13.0 Å². The molecule has 1 aliphatic rings. The molecule has 37 heavy (non-hydrogen) atoms. The number of ether oxygens (including phenoxy) is 1. The number of rotatable bonds is 5. The molecule has 1 aliphatic heterocycles. The van der Waals surface area contributed by atoms with Gasteiger partial charge in [-0.2, -0.15) is 0 Å². The second-order valence-corrected chi connectivity index (χ2v) is 10.0. The lowest BCUT2D eigenvalue weighted by atomic mass is 9.97. The first-order valence-electron chi connectivity index (χ1n) is 12.6. The third-order valence-corrected chi connectivity index (χ3v) is 7.41. The fourth-order valence-electron chi connectivity index (χ4n) is 5.38. The van der Waals surface area contributed by atoms with E-state index in [9.17, 15) is 4.79 Å². The van der Waals surface area contributed by atoms with Gasteiger partial charge in [-0.05, 0) is 61.6 Å². The minimum Gasteiger partial charge on any atom is -0.497 e. The van der Waals surface area contributed by atoms with Crippen LogP contribution in [0.25, 0.3) is 28.0 Å². The van der Waals surface area contributed by atoms with Crippen LogP contribution in [0.5, 0.6) is 5.75 Å². The number of carbonyl (C=O) groups is 1. The molecular weight excluding hydrogens is 482 g/mol.